The molecule has 5 nitrogen and oxygen atoms in total. The van der Waals surface area contributed by atoms with Crippen molar-refractivity contribution >= 4 is 40.3 Å². The predicted octanol–water partition coefficient (Wildman–Crippen LogP) is 3.94. The van der Waals surface area contributed by atoms with Crippen molar-refractivity contribution in [1.29, 1.82) is 5.26 Å². The number of nitriles is 1. The monoisotopic (exact) mass is 434 g/mol. The third-order valence-corrected chi connectivity index (χ3v) is 3.63. The molecule has 0 atom stereocenters. The van der Waals surface area contributed by atoms with E-state index in [1.807, 2.05) is 25.1 Å². The van der Waals surface area contributed by atoms with Gasteiger partial charge in [0.2, 0.25) is 0 Å². The van der Waals surface area contributed by atoms with Gasteiger partial charge in [-0.1, -0.05) is 0 Å². The molecule has 0 heterocycles. The van der Waals surface area contributed by atoms with Gasteiger partial charge in [0.15, 0.2) is 0 Å². The Morgan fingerprint density at radius 3 is 2.67 bits per heavy atom. The van der Waals surface area contributed by atoms with Gasteiger partial charge in [-0.3, -0.25) is 4.79 Å². The van der Waals surface area contributed by atoms with Gasteiger partial charge in [-0.05, 0) is 83.6 Å². The van der Waals surface area contributed by atoms with Crippen molar-refractivity contribution in [2.24, 2.45) is 0 Å². The number of phenolic OH excluding ortho intramolecular Hbond substituents is 1. The van der Waals surface area contributed by atoms with Crippen molar-refractivity contribution < 1.29 is 14.6 Å². The van der Waals surface area contributed by atoms with E-state index in [2.05, 4.69) is 27.9 Å². The molecule has 0 aliphatic carbocycles. The summed E-state index contributed by atoms with van der Waals surface area (Å²) in [6.07, 6.45) is 1.51. The molecule has 2 aromatic rings. The van der Waals surface area contributed by atoms with Gasteiger partial charge in [0.1, 0.15) is 23.1 Å². The normalized spacial score (nSPS) is 10.8. The summed E-state index contributed by atoms with van der Waals surface area (Å²) in [6.45, 7) is 2.43. The Hall–Kier alpha value is -2.53. The van der Waals surface area contributed by atoms with Crippen LogP contribution in [0.3, 0.4) is 0 Å². The second-order valence-electron chi connectivity index (χ2n) is 4.82. The topological polar surface area (TPSA) is 82.3 Å². The van der Waals surface area contributed by atoms with Crippen LogP contribution < -0.4 is 10.1 Å². The van der Waals surface area contributed by atoms with E-state index in [0.29, 0.717) is 23.6 Å². The van der Waals surface area contributed by atoms with Gasteiger partial charge in [0.25, 0.3) is 5.91 Å². The number of nitrogens with one attached hydrogen (secondary N) is 1. The van der Waals surface area contributed by atoms with Crippen molar-refractivity contribution in [3.8, 4) is 17.6 Å². The van der Waals surface area contributed by atoms with Crippen LogP contribution in [0.5, 0.6) is 11.5 Å². The molecule has 0 aliphatic heterocycles. The number of amides is 1. The molecule has 0 saturated heterocycles. The maximum atomic E-state index is 12.2. The van der Waals surface area contributed by atoms with Crippen LogP contribution in [0.25, 0.3) is 6.08 Å². The first-order valence-electron chi connectivity index (χ1n) is 7.17. The number of carbonyl (C=O) groups is 1. The summed E-state index contributed by atoms with van der Waals surface area (Å²) in [4.78, 5) is 12.2. The molecule has 0 bridgehead atoms. The van der Waals surface area contributed by atoms with Crippen LogP contribution in [0.2, 0.25) is 0 Å². The van der Waals surface area contributed by atoms with E-state index in [0.717, 1.165) is 3.57 Å². The van der Waals surface area contributed by atoms with Crippen molar-refractivity contribution in [3.05, 3.63) is 57.2 Å². The lowest BCUT2D eigenvalue weighted by Crippen LogP contribution is -2.13. The van der Waals surface area contributed by atoms with Gasteiger partial charge in [-0.15, -0.1) is 0 Å². The summed E-state index contributed by atoms with van der Waals surface area (Å²) in [5.74, 6) is 0.276. The number of hydrogen-bond donors (Lipinski definition) is 2. The van der Waals surface area contributed by atoms with E-state index in [-0.39, 0.29) is 11.3 Å². The minimum atomic E-state index is -0.514. The molecule has 2 rings (SSSR count). The van der Waals surface area contributed by atoms with Gasteiger partial charge in [0.05, 0.1) is 6.61 Å². The Morgan fingerprint density at radius 2 is 2.04 bits per heavy atom. The molecule has 122 valence electrons. The molecule has 6 heteroatoms. The smallest absolute Gasteiger partial charge is 0.266 e. The van der Waals surface area contributed by atoms with E-state index < -0.39 is 5.91 Å². The molecule has 0 saturated carbocycles. The number of aromatic hydroxyl groups is 1. The minimum Gasteiger partial charge on any atom is -0.508 e. The number of nitrogens with zero attached hydrogens (tertiary/aromatic N) is 1. The number of ether oxygens (including phenoxy) is 1. The Morgan fingerprint density at radius 1 is 1.33 bits per heavy atom. The first-order valence-corrected chi connectivity index (χ1v) is 8.25. The molecule has 2 N–H and O–H groups in total. The zero-order chi connectivity index (χ0) is 17.5. The van der Waals surface area contributed by atoms with Crippen molar-refractivity contribution in [1.82, 2.24) is 0 Å². The molecule has 0 aromatic heterocycles. The van der Waals surface area contributed by atoms with Crippen LogP contribution >= 0.6 is 22.6 Å². The highest BCUT2D eigenvalue weighted by molar-refractivity contribution is 14.1. The Bertz CT molecular complexity index is 808. The van der Waals surface area contributed by atoms with Gasteiger partial charge in [-0.25, -0.2) is 0 Å². The van der Waals surface area contributed by atoms with Gasteiger partial charge in [0, 0.05) is 9.26 Å². The van der Waals surface area contributed by atoms with Crippen molar-refractivity contribution in [3.63, 3.8) is 0 Å². The predicted molar refractivity (Wildman–Crippen MR) is 101 cm³/mol. The molecule has 0 unspecified atom stereocenters. The average Bonchev–Trinajstić information content (AvgIpc) is 2.54. The zero-order valence-electron chi connectivity index (χ0n) is 12.9. The van der Waals surface area contributed by atoms with Crippen LogP contribution in [0.15, 0.2) is 48.0 Å². The second-order valence-corrected chi connectivity index (χ2v) is 6.07. The third kappa shape index (κ3) is 4.99. The van der Waals surface area contributed by atoms with E-state index in [1.165, 1.54) is 18.2 Å². The molecular weight excluding hydrogens is 419 g/mol. The highest BCUT2D eigenvalue weighted by atomic mass is 127. The largest absolute Gasteiger partial charge is 0.508 e. The number of rotatable bonds is 5. The number of hydrogen-bond acceptors (Lipinski definition) is 4. The Kier molecular flexibility index (Phi) is 6.21. The summed E-state index contributed by atoms with van der Waals surface area (Å²) in [5.41, 5.74) is 1.19. The summed E-state index contributed by atoms with van der Waals surface area (Å²) in [5, 5.41) is 21.1. The van der Waals surface area contributed by atoms with E-state index in [4.69, 9.17) is 4.74 Å². The maximum absolute atomic E-state index is 12.2. The molecule has 2 aromatic carbocycles. The van der Waals surface area contributed by atoms with Crippen LogP contribution in [-0.4, -0.2) is 17.6 Å². The van der Waals surface area contributed by atoms with Gasteiger partial charge < -0.3 is 15.2 Å². The fraction of sp³-hybridized carbons (Fsp3) is 0.111. The highest BCUT2D eigenvalue weighted by Crippen LogP contribution is 2.21. The zero-order valence-corrected chi connectivity index (χ0v) is 15.1. The summed E-state index contributed by atoms with van der Waals surface area (Å²) in [6, 6.07) is 13.4. The average molecular weight is 434 g/mol. The first kappa shape index (κ1) is 17.8. The quantitative estimate of drug-likeness (QED) is 0.323. The number of anilines is 1. The molecule has 0 spiro atoms. The van der Waals surface area contributed by atoms with Crippen molar-refractivity contribution in [2.75, 3.05) is 11.9 Å². The minimum absolute atomic E-state index is 0.0208. The van der Waals surface area contributed by atoms with Crippen LogP contribution in [0, 0.1) is 14.9 Å². The van der Waals surface area contributed by atoms with Crippen LogP contribution in [0.1, 0.15) is 12.5 Å². The lowest BCUT2D eigenvalue weighted by molar-refractivity contribution is -0.112. The third-order valence-electron chi connectivity index (χ3n) is 3.01. The standard InChI is InChI=1S/C18H15IN2O3/c1-2-24-17-9-12(8-14(19)10-17)7-13(11-20)18(23)21-15-3-5-16(22)6-4-15/h3-10,22H,2H2,1H3,(H,21,23)/b13-7+. The number of halogens is 1. The van der Waals surface area contributed by atoms with E-state index in [1.54, 1.807) is 18.2 Å². The molecule has 0 fully saturated rings. The van der Waals surface area contributed by atoms with Crippen LogP contribution in [-0.2, 0) is 4.79 Å². The SMILES string of the molecule is CCOc1cc(I)cc(/C=C(\C#N)C(=O)Nc2ccc(O)cc2)c1. The second kappa shape index (κ2) is 8.36. The first-order chi connectivity index (χ1) is 11.5. The maximum Gasteiger partial charge on any atom is 0.266 e. The Labute approximate surface area is 153 Å². The fourth-order valence-corrected chi connectivity index (χ4v) is 2.64. The fourth-order valence-electron chi connectivity index (χ4n) is 1.98. The summed E-state index contributed by atoms with van der Waals surface area (Å²) >= 11 is 2.15. The molecule has 0 radical (unpaired) electrons. The Balaban J connectivity index is 2.23. The summed E-state index contributed by atoms with van der Waals surface area (Å²) in [7, 11) is 0. The van der Waals surface area contributed by atoms with Gasteiger partial charge in [-0.2, -0.15) is 5.26 Å². The number of phenols is 1. The number of benzene rings is 2. The lowest BCUT2D eigenvalue weighted by atomic mass is 10.1. The lowest BCUT2D eigenvalue weighted by Gasteiger charge is -2.07. The summed E-state index contributed by atoms with van der Waals surface area (Å²) < 4.78 is 6.41. The van der Waals surface area contributed by atoms with Crippen LogP contribution in [0.4, 0.5) is 5.69 Å². The van der Waals surface area contributed by atoms with Gasteiger partial charge >= 0.3 is 0 Å². The van der Waals surface area contributed by atoms with E-state index in [9.17, 15) is 15.2 Å². The van der Waals surface area contributed by atoms with Crippen molar-refractivity contribution in [2.45, 2.75) is 6.92 Å². The molecular formula is C18H15IN2O3. The number of carbonyl (C=O) groups excluding carboxylic acids is 1. The molecule has 0 aliphatic rings. The highest BCUT2D eigenvalue weighted by Gasteiger charge is 2.10. The molecule has 1 amide bonds. The molecule has 24 heavy (non-hydrogen) atoms. The van der Waals surface area contributed by atoms with E-state index >= 15 is 0 Å².